The van der Waals surface area contributed by atoms with E-state index in [-0.39, 0.29) is 11.7 Å². The molecule has 0 fully saturated rings. The van der Waals surface area contributed by atoms with Gasteiger partial charge in [-0.05, 0) is 18.2 Å². The third-order valence-corrected chi connectivity index (χ3v) is 3.86. The maximum atomic E-state index is 10.7. The second-order valence-electron chi connectivity index (χ2n) is 4.31. The summed E-state index contributed by atoms with van der Waals surface area (Å²) in [5.41, 5.74) is 0. The number of hydrogen-bond acceptors (Lipinski definition) is 4. The number of carbonyl (C=O) groups is 1. The van der Waals surface area contributed by atoms with E-state index in [1.807, 2.05) is 19.1 Å². The molecule has 1 aromatic carbocycles. The summed E-state index contributed by atoms with van der Waals surface area (Å²) in [6, 6.07) is 5.48. The molecule has 1 atom stereocenters. The van der Waals surface area contributed by atoms with Crippen LogP contribution in [0.3, 0.4) is 0 Å². The maximum absolute atomic E-state index is 10.7. The molecule has 112 valence electrons. The number of ether oxygens (including phenoxy) is 2. The molecule has 4 nitrogen and oxygen atoms in total. The Balaban J connectivity index is 2.58. The average molecular weight is 319 g/mol. The molecule has 0 amide bonds. The van der Waals surface area contributed by atoms with Gasteiger partial charge in [0.05, 0.1) is 18.1 Å². The molecule has 0 spiro atoms. The van der Waals surface area contributed by atoms with E-state index in [4.69, 9.17) is 26.2 Å². The Morgan fingerprint density at radius 2 is 2.20 bits per heavy atom. The highest BCUT2D eigenvalue weighted by Gasteiger charge is 2.11. The van der Waals surface area contributed by atoms with Crippen LogP contribution >= 0.6 is 23.4 Å². The van der Waals surface area contributed by atoms with Crippen LogP contribution in [0.25, 0.3) is 0 Å². The lowest BCUT2D eigenvalue weighted by molar-refractivity contribution is -0.136. The van der Waals surface area contributed by atoms with E-state index in [1.165, 1.54) is 11.8 Å². The van der Waals surface area contributed by atoms with Gasteiger partial charge in [0.15, 0.2) is 0 Å². The number of aliphatic carboxylic acids is 1. The van der Waals surface area contributed by atoms with Gasteiger partial charge in [-0.3, -0.25) is 4.79 Å². The third-order valence-electron chi connectivity index (χ3n) is 2.45. The number of carboxylic acid groups (broad SMARTS) is 1. The van der Waals surface area contributed by atoms with Crippen LogP contribution in [-0.2, 0) is 9.53 Å². The number of benzene rings is 1. The van der Waals surface area contributed by atoms with Crippen LogP contribution in [0, 0.1) is 0 Å². The van der Waals surface area contributed by atoms with E-state index < -0.39 is 5.97 Å². The summed E-state index contributed by atoms with van der Waals surface area (Å²) in [6.07, 6.45) is 0.914. The lowest BCUT2D eigenvalue weighted by atomic mass is 10.3. The van der Waals surface area contributed by atoms with Crippen LogP contribution in [0.4, 0.5) is 0 Å². The molecular weight excluding hydrogens is 300 g/mol. The molecule has 0 aliphatic carbocycles. The summed E-state index contributed by atoms with van der Waals surface area (Å²) >= 11 is 7.56. The molecule has 6 heteroatoms. The van der Waals surface area contributed by atoms with E-state index >= 15 is 0 Å². The molecule has 1 unspecified atom stereocenters. The first-order valence-electron chi connectivity index (χ1n) is 6.32. The van der Waals surface area contributed by atoms with Gasteiger partial charge in [0.25, 0.3) is 0 Å². The largest absolute Gasteiger partial charge is 0.492 e. The fourth-order valence-corrected chi connectivity index (χ4v) is 2.76. The number of thioether (sulfide) groups is 1. The summed E-state index contributed by atoms with van der Waals surface area (Å²) in [5.74, 6) is -0.176. The summed E-state index contributed by atoms with van der Waals surface area (Å²) in [7, 11) is 1.65. The zero-order valence-corrected chi connectivity index (χ0v) is 13.2. The van der Waals surface area contributed by atoms with Gasteiger partial charge in [-0.25, -0.2) is 0 Å². The Bertz CT molecular complexity index is 439. The van der Waals surface area contributed by atoms with Gasteiger partial charge in [0.2, 0.25) is 0 Å². The van der Waals surface area contributed by atoms with Crippen LogP contribution in [0.1, 0.15) is 19.8 Å². The molecule has 1 N–H and O–H groups in total. The van der Waals surface area contributed by atoms with Gasteiger partial charge >= 0.3 is 5.97 Å². The first-order chi connectivity index (χ1) is 9.52. The molecule has 0 saturated heterocycles. The second kappa shape index (κ2) is 9.10. The van der Waals surface area contributed by atoms with Crippen molar-refractivity contribution in [3.63, 3.8) is 0 Å². The lowest BCUT2D eigenvalue weighted by Gasteiger charge is -2.12. The summed E-state index contributed by atoms with van der Waals surface area (Å²) in [6.45, 7) is 3.06. The second-order valence-corrected chi connectivity index (χ2v) is 6.23. The van der Waals surface area contributed by atoms with E-state index in [0.29, 0.717) is 24.0 Å². The Morgan fingerprint density at radius 1 is 1.45 bits per heavy atom. The monoisotopic (exact) mass is 318 g/mol. The Kier molecular flexibility index (Phi) is 7.80. The minimum Gasteiger partial charge on any atom is -0.492 e. The molecule has 0 heterocycles. The van der Waals surface area contributed by atoms with E-state index in [1.54, 1.807) is 13.2 Å². The molecule has 1 rings (SSSR count). The van der Waals surface area contributed by atoms with Crippen LogP contribution in [-0.4, -0.2) is 36.6 Å². The van der Waals surface area contributed by atoms with E-state index in [9.17, 15) is 4.79 Å². The Morgan fingerprint density at radius 3 is 2.85 bits per heavy atom. The molecule has 1 aromatic rings. The third kappa shape index (κ3) is 6.50. The summed E-state index contributed by atoms with van der Waals surface area (Å²) in [5, 5.41) is 9.31. The fraction of sp³-hybridized carbons (Fsp3) is 0.500. The highest BCUT2D eigenvalue weighted by atomic mass is 35.5. The topological polar surface area (TPSA) is 55.8 Å². The quantitative estimate of drug-likeness (QED) is 0.555. The maximum Gasteiger partial charge on any atom is 0.304 e. The molecule has 0 bridgehead atoms. The SMILES string of the molecule is COCCCOc1cc(SC(C)CC(=O)O)ccc1Cl. The van der Waals surface area contributed by atoms with Crippen molar-refractivity contribution in [1.29, 1.82) is 0 Å². The van der Waals surface area contributed by atoms with Crippen molar-refractivity contribution in [3.05, 3.63) is 23.2 Å². The standard InChI is InChI=1S/C14H19ClO4S/c1-10(8-14(16)17)20-11-4-5-12(15)13(9-11)19-7-3-6-18-2/h4-5,9-10H,3,6-8H2,1-2H3,(H,16,17). The van der Waals surface area contributed by atoms with Gasteiger partial charge in [0.1, 0.15) is 5.75 Å². The van der Waals surface area contributed by atoms with Crippen LogP contribution in [0.15, 0.2) is 23.1 Å². The summed E-state index contributed by atoms with van der Waals surface area (Å²) in [4.78, 5) is 11.6. The average Bonchev–Trinajstić information content (AvgIpc) is 2.37. The first-order valence-corrected chi connectivity index (χ1v) is 7.58. The fourth-order valence-electron chi connectivity index (χ4n) is 1.57. The molecule has 20 heavy (non-hydrogen) atoms. The number of rotatable bonds is 9. The minimum atomic E-state index is -0.796. The van der Waals surface area contributed by atoms with E-state index in [2.05, 4.69) is 0 Å². The van der Waals surface area contributed by atoms with Crippen molar-refractivity contribution in [2.45, 2.75) is 29.9 Å². The smallest absolute Gasteiger partial charge is 0.304 e. The van der Waals surface area contributed by atoms with Crippen molar-refractivity contribution in [2.75, 3.05) is 20.3 Å². The number of methoxy groups -OCH3 is 1. The van der Waals surface area contributed by atoms with Gasteiger partial charge in [-0.1, -0.05) is 18.5 Å². The van der Waals surface area contributed by atoms with Crippen molar-refractivity contribution in [3.8, 4) is 5.75 Å². The van der Waals surface area contributed by atoms with Gasteiger partial charge in [0, 0.05) is 30.3 Å². The highest BCUT2D eigenvalue weighted by Crippen LogP contribution is 2.32. The first kappa shape index (κ1) is 17.1. The molecule has 0 aliphatic rings. The van der Waals surface area contributed by atoms with Crippen LogP contribution in [0.2, 0.25) is 5.02 Å². The van der Waals surface area contributed by atoms with Crippen LogP contribution < -0.4 is 4.74 Å². The zero-order chi connectivity index (χ0) is 15.0. The number of hydrogen-bond donors (Lipinski definition) is 1. The van der Waals surface area contributed by atoms with Crippen molar-refractivity contribution in [2.24, 2.45) is 0 Å². The zero-order valence-electron chi connectivity index (χ0n) is 11.6. The molecule has 0 saturated carbocycles. The Labute approximate surface area is 128 Å². The minimum absolute atomic E-state index is 0.00461. The molecular formula is C14H19ClO4S. The summed E-state index contributed by atoms with van der Waals surface area (Å²) < 4.78 is 10.6. The van der Waals surface area contributed by atoms with Gasteiger partial charge < -0.3 is 14.6 Å². The number of carboxylic acids is 1. The molecule has 0 radical (unpaired) electrons. The van der Waals surface area contributed by atoms with Crippen molar-refractivity contribution in [1.82, 2.24) is 0 Å². The predicted octanol–water partition coefficient (Wildman–Crippen LogP) is 3.71. The van der Waals surface area contributed by atoms with Crippen molar-refractivity contribution >= 4 is 29.3 Å². The van der Waals surface area contributed by atoms with Crippen LogP contribution in [0.5, 0.6) is 5.75 Å². The Hall–Kier alpha value is -0.910. The van der Waals surface area contributed by atoms with Crippen molar-refractivity contribution < 1.29 is 19.4 Å². The highest BCUT2D eigenvalue weighted by molar-refractivity contribution is 8.00. The van der Waals surface area contributed by atoms with E-state index in [0.717, 1.165) is 11.3 Å². The predicted molar refractivity (Wildman–Crippen MR) is 81.0 cm³/mol. The van der Waals surface area contributed by atoms with Gasteiger partial charge in [-0.2, -0.15) is 0 Å². The molecule has 0 aromatic heterocycles. The molecule has 0 aliphatic heterocycles. The normalized spacial score (nSPS) is 12.2. The lowest BCUT2D eigenvalue weighted by Crippen LogP contribution is -2.05. The van der Waals surface area contributed by atoms with Gasteiger partial charge in [-0.15, -0.1) is 11.8 Å². The number of halogens is 1.